The molecule has 0 spiro atoms. The SMILES string of the molecule is CCCC1CCC(O)(c2c(Cl)cnn2C)CC1. The van der Waals surface area contributed by atoms with Crippen molar-refractivity contribution in [3.8, 4) is 0 Å². The highest BCUT2D eigenvalue weighted by atomic mass is 35.5. The molecule has 1 aliphatic rings. The number of hydrogen-bond acceptors (Lipinski definition) is 2. The van der Waals surface area contributed by atoms with Crippen LogP contribution in [0.2, 0.25) is 5.02 Å². The summed E-state index contributed by atoms with van der Waals surface area (Å²) >= 11 is 6.12. The van der Waals surface area contributed by atoms with Crippen molar-refractivity contribution in [1.82, 2.24) is 9.78 Å². The van der Waals surface area contributed by atoms with Crippen LogP contribution in [0.25, 0.3) is 0 Å². The highest BCUT2D eigenvalue weighted by molar-refractivity contribution is 6.31. The lowest BCUT2D eigenvalue weighted by Crippen LogP contribution is -2.33. The summed E-state index contributed by atoms with van der Waals surface area (Å²) in [6.07, 6.45) is 7.91. The monoisotopic (exact) mass is 256 g/mol. The van der Waals surface area contributed by atoms with Crippen LogP contribution in [0.3, 0.4) is 0 Å². The predicted molar refractivity (Wildman–Crippen MR) is 69.0 cm³/mol. The Balaban J connectivity index is 2.12. The molecule has 4 heteroatoms. The molecule has 1 N–H and O–H groups in total. The second kappa shape index (κ2) is 4.99. The highest BCUT2D eigenvalue weighted by Gasteiger charge is 2.38. The van der Waals surface area contributed by atoms with Gasteiger partial charge in [-0.2, -0.15) is 5.10 Å². The Bertz CT molecular complexity index is 361. The number of aliphatic hydroxyl groups is 1. The average molecular weight is 257 g/mol. The van der Waals surface area contributed by atoms with Gasteiger partial charge in [-0.1, -0.05) is 31.4 Å². The van der Waals surface area contributed by atoms with E-state index in [1.165, 1.54) is 12.8 Å². The Morgan fingerprint density at radius 1 is 1.53 bits per heavy atom. The summed E-state index contributed by atoms with van der Waals surface area (Å²) in [5.41, 5.74) is 0.0150. The quantitative estimate of drug-likeness (QED) is 0.902. The van der Waals surface area contributed by atoms with Crippen LogP contribution in [0, 0.1) is 5.92 Å². The molecule has 0 saturated heterocycles. The van der Waals surface area contributed by atoms with Crippen molar-refractivity contribution in [3.05, 3.63) is 16.9 Å². The highest BCUT2D eigenvalue weighted by Crippen LogP contribution is 2.42. The number of hydrogen-bond donors (Lipinski definition) is 1. The van der Waals surface area contributed by atoms with E-state index >= 15 is 0 Å². The van der Waals surface area contributed by atoms with E-state index in [-0.39, 0.29) is 0 Å². The lowest BCUT2D eigenvalue weighted by atomic mass is 9.75. The van der Waals surface area contributed by atoms with E-state index in [1.54, 1.807) is 10.9 Å². The minimum Gasteiger partial charge on any atom is -0.384 e. The van der Waals surface area contributed by atoms with Gasteiger partial charge in [0.05, 0.1) is 16.9 Å². The van der Waals surface area contributed by atoms with Crippen molar-refractivity contribution in [2.75, 3.05) is 0 Å². The fourth-order valence-electron chi connectivity index (χ4n) is 3.02. The van der Waals surface area contributed by atoms with Crippen molar-refractivity contribution in [2.45, 2.75) is 51.0 Å². The predicted octanol–water partition coefficient (Wildman–Crippen LogP) is 3.25. The van der Waals surface area contributed by atoms with Crippen LogP contribution in [-0.2, 0) is 12.6 Å². The van der Waals surface area contributed by atoms with Gasteiger partial charge in [0.1, 0.15) is 5.60 Å². The van der Waals surface area contributed by atoms with E-state index in [4.69, 9.17) is 11.6 Å². The molecule has 0 bridgehead atoms. The zero-order valence-corrected chi connectivity index (χ0v) is 11.4. The van der Waals surface area contributed by atoms with Gasteiger partial charge in [-0.3, -0.25) is 4.68 Å². The molecule has 0 aromatic carbocycles. The second-order valence-corrected chi connectivity index (χ2v) is 5.64. The van der Waals surface area contributed by atoms with Crippen LogP contribution in [0.15, 0.2) is 6.20 Å². The molecule has 1 saturated carbocycles. The molecular formula is C13H21ClN2O. The molecule has 0 radical (unpaired) electrons. The van der Waals surface area contributed by atoms with Crippen molar-refractivity contribution in [3.63, 3.8) is 0 Å². The topological polar surface area (TPSA) is 38.1 Å². The molecule has 1 fully saturated rings. The van der Waals surface area contributed by atoms with Gasteiger partial charge in [-0.15, -0.1) is 0 Å². The standard InChI is InChI=1S/C13H21ClN2O/c1-3-4-10-5-7-13(17,8-6-10)12-11(14)9-15-16(12)2/h9-10,17H,3-8H2,1-2H3. The Hall–Kier alpha value is -0.540. The summed E-state index contributed by atoms with van der Waals surface area (Å²) in [5.74, 6) is 0.771. The fraction of sp³-hybridized carbons (Fsp3) is 0.769. The molecule has 0 amide bonds. The van der Waals surface area contributed by atoms with Crippen molar-refractivity contribution in [1.29, 1.82) is 0 Å². The molecule has 1 aromatic heterocycles. The lowest BCUT2D eigenvalue weighted by molar-refractivity contribution is -0.0218. The summed E-state index contributed by atoms with van der Waals surface area (Å²) < 4.78 is 1.71. The number of aromatic nitrogens is 2. The van der Waals surface area contributed by atoms with Crippen LogP contribution >= 0.6 is 11.6 Å². The maximum absolute atomic E-state index is 10.7. The average Bonchev–Trinajstić information content (AvgIpc) is 2.63. The van der Waals surface area contributed by atoms with E-state index in [1.807, 2.05) is 7.05 Å². The molecular weight excluding hydrogens is 236 g/mol. The molecule has 96 valence electrons. The van der Waals surface area contributed by atoms with Gasteiger partial charge < -0.3 is 5.11 Å². The molecule has 1 heterocycles. The van der Waals surface area contributed by atoms with Gasteiger partial charge >= 0.3 is 0 Å². The molecule has 1 aromatic rings. The molecule has 1 aliphatic carbocycles. The fourth-order valence-corrected chi connectivity index (χ4v) is 3.36. The Morgan fingerprint density at radius 2 is 2.18 bits per heavy atom. The van der Waals surface area contributed by atoms with Gasteiger partial charge in [-0.25, -0.2) is 0 Å². The van der Waals surface area contributed by atoms with Crippen LogP contribution in [0.1, 0.15) is 51.1 Å². The first-order valence-corrected chi connectivity index (χ1v) is 6.85. The number of nitrogens with zero attached hydrogens (tertiary/aromatic N) is 2. The van der Waals surface area contributed by atoms with Crippen LogP contribution in [0.5, 0.6) is 0 Å². The molecule has 0 atom stereocenters. The first-order valence-electron chi connectivity index (χ1n) is 6.47. The van der Waals surface area contributed by atoms with Crippen molar-refractivity contribution >= 4 is 11.6 Å². The minimum absolute atomic E-state index is 0.587. The minimum atomic E-state index is -0.771. The summed E-state index contributed by atoms with van der Waals surface area (Å²) in [7, 11) is 1.84. The van der Waals surface area contributed by atoms with Crippen molar-refractivity contribution < 1.29 is 5.11 Å². The Kier molecular flexibility index (Phi) is 3.79. The van der Waals surface area contributed by atoms with Gasteiger partial charge in [0.25, 0.3) is 0 Å². The summed E-state index contributed by atoms with van der Waals surface area (Å²) in [5, 5.41) is 15.4. The maximum atomic E-state index is 10.7. The van der Waals surface area contributed by atoms with E-state index in [2.05, 4.69) is 12.0 Å². The largest absolute Gasteiger partial charge is 0.384 e. The Morgan fingerprint density at radius 3 is 2.65 bits per heavy atom. The molecule has 2 rings (SSSR count). The lowest BCUT2D eigenvalue weighted by Gasteiger charge is -2.36. The zero-order valence-electron chi connectivity index (χ0n) is 10.6. The summed E-state index contributed by atoms with van der Waals surface area (Å²) in [6, 6.07) is 0. The van der Waals surface area contributed by atoms with E-state index in [0.717, 1.165) is 37.3 Å². The third kappa shape index (κ3) is 2.50. The van der Waals surface area contributed by atoms with Gasteiger partial charge in [0.2, 0.25) is 0 Å². The summed E-state index contributed by atoms with van der Waals surface area (Å²) in [4.78, 5) is 0. The molecule has 0 unspecified atom stereocenters. The maximum Gasteiger partial charge on any atom is 0.108 e. The summed E-state index contributed by atoms with van der Waals surface area (Å²) in [6.45, 7) is 2.22. The zero-order chi connectivity index (χ0) is 12.5. The number of aryl methyl sites for hydroxylation is 1. The number of halogens is 1. The van der Waals surface area contributed by atoms with Gasteiger partial charge in [0.15, 0.2) is 0 Å². The van der Waals surface area contributed by atoms with Crippen molar-refractivity contribution in [2.24, 2.45) is 13.0 Å². The normalized spacial score (nSPS) is 29.5. The van der Waals surface area contributed by atoms with E-state index < -0.39 is 5.60 Å². The van der Waals surface area contributed by atoms with E-state index in [9.17, 15) is 5.11 Å². The molecule has 17 heavy (non-hydrogen) atoms. The van der Waals surface area contributed by atoms with Crippen LogP contribution in [-0.4, -0.2) is 14.9 Å². The van der Waals surface area contributed by atoms with Crippen LogP contribution < -0.4 is 0 Å². The third-order valence-corrected chi connectivity index (χ3v) is 4.24. The molecule has 3 nitrogen and oxygen atoms in total. The molecule has 0 aliphatic heterocycles. The van der Waals surface area contributed by atoms with Gasteiger partial charge in [-0.05, 0) is 31.6 Å². The number of rotatable bonds is 3. The first-order chi connectivity index (χ1) is 8.07. The first kappa shape index (κ1) is 12.9. The second-order valence-electron chi connectivity index (χ2n) is 5.23. The van der Waals surface area contributed by atoms with Crippen LogP contribution in [0.4, 0.5) is 0 Å². The smallest absolute Gasteiger partial charge is 0.108 e. The van der Waals surface area contributed by atoms with Gasteiger partial charge in [0, 0.05) is 7.05 Å². The third-order valence-electron chi connectivity index (χ3n) is 3.96. The van der Waals surface area contributed by atoms with E-state index in [0.29, 0.717) is 5.02 Å². The Labute approximate surface area is 108 Å².